The maximum absolute atomic E-state index is 12.5. The maximum Gasteiger partial charge on any atom is 0.243 e. The average Bonchev–Trinajstić information content (AvgIpc) is 3.30. The van der Waals surface area contributed by atoms with Gasteiger partial charge in [-0.1, -0.05) is 72.4 Å². The highest BCUT2D eigenvalue weighted by Crippen LogP contribution is 2.39. The number of aliphatic hydroxyl groups is 1. The fraction of sp³-hybridized carbons (Fsp3) is 0.414. The first-order valence-electron chi connectivity index (χ1n) is 13.6. The van der Waals surface area contributed by atoms with Crippen LogP contribution in [0.3, 0.4) is 0 Å². The normalized spacial score (nSPS) is 18.7. The second-order valence-electron chi connectivity index (χ2n) is 9.95. The molecule has 4 rings (SSSR count). The van der Waals surface area contributed by atoms with Crippen LogP contribution in [0.15, 0.2) is 54.9 Å². The molecule has 1 aliphatic rings. The molecule has 12 heteroatoms. The summed E-state index contributed by atoms with van der Waals surface area (Å²) in [6.45, 7) is 0.382. The van der Waals surface area contributed by atoms with E-state index >= 15 is 0 Å². The molecule has 2 aromatic carbocycles. The minimum absolute atomic E-state index is 0.0398. The van der Waals surface area contributed by atoms with Gasteiger partial charge in [0.15, 0.2) is 11.4 Å². The van der Waals surface area contributed by atoms with E-state index in [2.05, 4.69) is 10.3 Å². The molecule has 0 aliphatic carbocycles. The first-order valence-corrected chi connectivity index (χ1v) is 14.3. The zero-order valence-electron chi connectivity index (χ0n) is 22.5. The fourth-order valence-corrected chi connectivity index (χ4v) is 5.00. The summed E-state index contributed by atoms with van der Waals surface area (Å²) in [5.41, 5.74) is 4.77. The van der Waals surface area contributed by atoms with Crippen molar-refractivity contribution in [3.63, 3.8) is 0 Å². The molecule has 3 aromatic rings. The molecule has 220 valence electrons. The average molecular weight is 606 g/mol. The Morgan fingerprint density at radius 3 is 2.37 bits per heavy atom. The van der Waals surface area contributed by atoms with Gasteiger partial charge in [0, 0.05) is 30.5 Å². The number of nitrogens with one attached hydrogen (secondary N) is 2. The van der Waals surface area contributed by atoms with Crippen LogP contribution in [0.5, 0.6) is 0 Å². The first kappa shape index (κ1) is 31.0. The summed E-state index contributed by atoms with van der Waals surface area (Å²) in [5, 5.41) is 21.5. The number of imidazole rings is 1. The molecule has 0 spiro atoms. The maximum atomic E-state index is 12.5. The topological polar surface area (TPSA) is 135 Å². The Hall–Kier alpha value is -2.99. The summed E-state index contributed by atoms with van der Waals surface area (Å²) in [7, 11) is 0. The molecule has 0 radical (unpaired) electrons. The van der Waals surface area contributed by atoms with Gasteiger partial charge in [0.05, 0.1) is 31.7 Å². The van der Waals surface area contributed by atoms with Crippen molar-refractivity contribution in [1.82, 2.24) is 15.0 Å². The Morgan fingerprint density at radius 2 is 1.71 bits per heavy atom. The van der Waals surface area contributed by atoms with E-state index in [4.69, 9.17) is 37.9 Å². The van der Waals surface area contributed by atoms with Crippen LogP contribution in [-0.4, -0.2) is 37.8 Å². The molecule has 10 nitrogen and oxygen atoms in total. The van der Waals surface area contributed by atoms with Crippen LogP contribution in [0.2, 0.25) is 10.3 Å². The van der Waals surface area contributed by atoms with Crippen molar-refractivity contribution < 1.29 is 29.4 Å². The van der Waals surface area contributed by atoms with E-state index in [0.29, 0.717) is 43.1 Å². The summed E-state index contributed by atoms with van der Waals surface area (Å²) in [6.07, 6.45) is 4.44. The van der Waals surface area contributed by atoms with Gasteiger partial charge < -0.3 is 24.5 Å². The Morgan fingerprint density at radius 1 is 0.976 bits per heavy atom. The van der Waals surface area contributed by atoms with Crippen molar-refractivity contribution in [1.29, 1.82) is 0 Å². The van der Waals surface area contributed by atoms with E-state index < -0.39 is 12.2 Å². The number of rotatable bonds is 13. The third-order valence-corrected chi connectivity index (χ3v) is 7.64. The Labute approximate surface area is 248 Å². The van der Waals surface area contributed by atoms with Crippen LogP contribution in [0.1, 0.15) is 74.0 Å². The van der Waals surface area contributed by atoms with Crippen LogP contribution in [0.25, 0.3) is 0 Å². The quantitative estimate of drug-likeness (QED) is 0.111. The molecule has 0 saturated carbocycles. The van der Waals surface area contributed by atoms with Crippen LogP contribution >= 0.6 is 23.2 Å². The second kappa shape index (κ2) is 15.3. The fourth-order valence-electron chi connectivity index (χ4n) is 4.69. The molecule has 2 heterocycles. The van der Waals surface area contributed by atoms with Gasteiger partial charge >= 0.3 is 0 Å². The van der Waals surface area contributed by atoms with Gasteiger partial charge in [-0.2, -0.15) is 0 Å². The van der Waals surface area contributed by atoms with Crippen molar-refractivity contribution in [2.75, 3.05) is 5.32 Å². The lowest BCUT2D eigenvalue weighted by atomic mass is 10.00. The lowest BCUT2D eigenvalue weighted by Crippen LogP contribution is -2.32. The number of unbranched alkanes of at least 4 members (excludes halogenated alkanes) is 3. The SMILES string of the molecule is O=C(CCCCCCC(=O)Nc1cccc([C@H]2O[C@@H](Cn3cnc(Cl)c3Cl)C[C@@H](c3ccc(CO)cc3)O2)c1)NO. The van der Waals surface area contributed by atoms with E-state index in [1.807, 2.05) is 48.5 Å². The minimum atomic E-state index is -0.706. The van der Waals surface area contributed by atoms with Gasteiger partial charge in [0.1, 0.15) is 5.15 Å². The Balaban J connectivity index is 1.40. The summed E-state index contributed by atoms with van der Waals surface area (Å²) in [4.78, 5) is 27.7. The molecule has 3 atom stereocenters. The molecule has 1 aliphatic heterocycles. The molecule has 4 N–H and O–H groups in total. The van der Waals surface area contributed by atoms with Crippen LogP contribution in [0.4, 0.5) is 5.69 Å². The highest BCUT2D eigenvalue weighted by molar-refractivity contribution is 6.40. The van der Waals surface area contributed by atoms with Crippen LogP contribution < -0.4 is 10.8 Å². The number of hydrogen-bond acceptors (Lipinski definition) is 7. The van der Waals surface area contributed by atoms with E-state index in [1.165, 1.54) is 0 Å². The number of carbonyl (C=O) groups excluding carboxylic acids is 2. The number of aliphatic hydroxyl groups excluding tert-OH is 1. The highest BCUT2D eigenvalue weighted by atomic mass is 35.5. The number of hydroxylamine groups is 1. The lowest BCUT2D eigenvalue weighted by Gasteiger charge is -2.36. The standard InChI is InChI=1S/C29H34Cl2N4O6/c30-27-28(31)35(18-32-27)16-23-15-24(20-12-10-19(17-36)11-13-20)41-29(40-23)21-6-5-7-22(14-21)33-25(37)8-3-1-2-4-9-26(38)34-39/h5-7,10-14,18,23-24,29,36,39H,1-4,8-9,15-17H2,(H,33,37)(H,34,38)/t23-,24+,29+/m1/s1. The molecular formula is C29H34Cl2N4O6. The zero-order valence-corrected chi connectivity index (χ0v) is 24.0. The molecule has 0 bridgehead atoms. The third-order valence-electron chi connectivity index (χ3n) is 6.87. The van der Waals surface area contributed by atoms with Gasteiger partial charge in [0.25, 0.3) is 0 Å². The number of carbonyl (C=O) groups is 2. The number of ether oxygens (including phenoxy) is 2. The smallest absolute Gasteiger partial charge is 0.243 e. The van der Waals surface area contributed by atoms with Crippen LogP contribution in [0, 0.1) is 0 Å². The second-order valence-corrected chi connectivity index (χ2v) is 10.7. The summed E-state index contributed by atoms with van der Waals surface area (Å²) >= 11 is 12.4. The van der Waals surface area contributed by atoms with Gasteiger partial charge in [0.2, 0.25) is 11.8 Å². The van der Waals surface area contributed by atoms with E-state index in [1.54, 1.807) is 16.4 Å². The molecular weight excluding hydrogens is 571 g/mol. The van der Waals surface area contributed by atoms with Crippen molar-refractivity contribution in [3.05, 3.63) is 81.9 Å². The number of benzene rings is 2. The van der Waals surface area contributed by atoms with Gasteiger partial charge in [-0.25, -0.2) is 10.5 Å². The Kier molecular flexibility index (Phi) is 11.6. The number of aromatic nitrogens is 2. The lowest BCUT2D eigenvalue weighted by molar-refractivity contribution is -0.252. The zero-order chi connectivity index (χ0) is 29.2. The van der Waals surface area contributed by atoms with Crippen molar-refractivity contribution in [2.45, 2.75) is 76.6 Å². The van der Waals surface area contributed by atoms with E-state index in [-0.39, 0.29) is 36.3 Å². The van der Waals surface area contributed by atoms with Gasteiger partial charge in [-0.15, -0.1) is 0 Å². The van der Waals surface area contributed by atoms with Gasteiger partial charge in [-0.05, 0) is 36.1 Å². The molecule has 2 amide bonds. The van der Waals surface area contributed by atoms with E-state index in [9.17, 15) is 14.7 Å². The summed E-state index contributed by atoms with van der Waals surface area (Å²) < 4.78 is 14.5. The third kappa shape index (κ3) is 9.00. The molecule has 1 saturated heterocycles. The monoisotopic (exact) mass is 604 g/mol. The van der Waals surface area contributed by atoms with E-state index in [0.717, 1.165) is 29.5 Å². The largest absolute Gasteiger partial charge is 0.392 e. The number of halogens is 2. The molecule has 0 unspecified atom stereocenters. The number of amides is 2. The minimum Gasteiger partial charge on any atom is -0.392 e. The predicted octanol–water partition coefficient (Wildman–Crippen LogP) is 5.71. The number of nitrogens with zero attached hydrogens (tertiary/aromatic N) is 2. The van der Waals surface area contributed by atoms with Crippen molar-refractivity contribution >= 4 is 40.7 Å². The Bertz CT molecular complexity index is 1300. The van der Waals surface area contributed by atoms with Crippen molar-refractivity contribution in [2.24, 2.45) is 0 Å². The van der Waals surface area contributed by atoms with Crippen molar-refractivity contribution in [3.8, 4) is 0 Å². The highest BCUT2D eigenvalue weighted by Gasteiger charge is 2.33. The summed E-state index contributed by atoms with van der Waals surface area (Å²) in [5.74, 6) is -0.507. The predicted molar refractivity (Wildman–Crippen MR) is 153 cm³/mol. The summed E-state index contributed by atoms with van der Waals surface area (Å²) in [6, 6.07) is 15.0. The molecule has 1 fully saturated rings. The van der Waals surface area contributed by atoms with Crippen LogP contribution in [-0.2, 0) is 32.2 Å². The number of anilines is 1. The number of hydrogen-bond donors (Lipinski definition) is 4. The van der Waals surface area contributed by atoms with Gasteiger partial charge in [-0.3, -0.25) is 14.8 Å². The molecule has 41 heavy (non-hydrogen) atoms. The molecule has 1 aromatic heterocycles. The first-order chi connectivity index (χ1) is 19.9.